The number of hydrogen-bond acceptors (Lipinski definition) is 5. The summed E-state index contributed by atoms with van der Waals surface area (Å²) in [5.41, 5.74) is 0.822. The van der Waals surface area contributed by atoms with Crippen LogP contribution < -0.4 is 9.47 Å². The number of nitrogens with zero attached hydrogens (tertiary/aromatic N) is 2. The van der Waals surface area contributed by atoms with Crippen molar-refractivity contribution in [1.82, 2.24) is 9.97 Å². The van der Waals surface area contributed by atoms with Crippen molar-refractivity contribution in [2.45, 2.75) is 0 Å². The molecule has 0 N–H and O–H groups in total. The topological polar surface area (TPSA) is 61.3 Å². The maximum atomic E-state index is 12.4. The van der Waals surface area contributed by atoms with E-state index in [2.05, 4.69) is 25.9 Å². The van der Waals surface area contributed by atoms with Crippen molar-refractivity contribution >= 4 is 21.7 Å². The zero-order chi connectivity index (χ0) is 13.8. The Morgan fingerprint density at radius 1 is 1.16 bits per heavy atom. The molecule has 1 aromatic heterocycles. The molecule has 0 aliphatic heterocycles. The molecule has 0 unspecified atom stereocenters. The highest BCUT2D eigenvalue weighted by Gasteiger charge is 2.19. The minimum absolute atomic E-state index is 0.208. The third-order valence-corrected chi connectivity index (χ3v) is 3.30. The second-order valence-electron chi connectivity index (χ2n) is 3.62. The number of halogens is 1. The Bertz CT molecular complexity index is 602. The van der Waals surface area contributed by atoms with Gasteiger partial charge in [0.15, 0.2) is 5.78 Å². The van der Waals surface area contributed by atoms with Crippen LogP contribution in [0.1, 0.15) is 15.9 Å². The largest absolute Gasteiger partial charge is 0.495 e. The van der Waals surface area contributed by atoms with E-state index in [0.717, 1.165) is 0 Å². The van der Waals surface area contributed by atoms with Gasteiger partial charge in [-0.05, 0) is 28.1 Å². The number of rotatable bonds is 4. The molecule has 0 saturated heterocycles. The number of methoxy groups -OCH3 is 2. The standard InChI is InChI=1S/C13H11BrN2O3/c1-18-10-4-3-9(13(19-2)11(10)14)12(17)8-5-15-7-16-6-8/h3-7H,1-2H3. The van der Waals surface area contributed by atoms with E-state index < -0.39 is 0 Å². The monoisotopic (exact) mass is 322 g/mol. The van der Waals surface area contributed by atoms with Crippen molar-refractivity contribution in [2.75, 3.05) is 14.2 Å². The van der Waals surface area contributed by atoms with Gasteiger partial charge in [-0.3, -0.25) is 4.79 Å². The third kappa shape index (κ3) is 2.58. The van der Waals surface area contributed by atoms with Crippen LogP contribution in [0, 0.1) is 0 Å². The summed E-state index contributed by atoms with van der Waals surface area (Å²) < 4.78 is 11.0. The summed E-state index contributed by atoms with van der Waals surface area (Å²) in [4.78, 5) is 20.0. The van der Waals surface area contributed by atoms with Crippen LogP contribution in [-0.2, 0) is 0 Å². The average Bonchev–Trinajstić information content (AvgIpc) is 2.47. The van der Waals surface area contributed by atoms with Gasteiger partial charge in [-0.2, -0.15) is 0 Å². The number of ketones is 1. The second kappa shape index (κ2) is 5.79. The molecule has 19 heavy (non-hydrogen) atoms. The summed E-state index contributed by atoms with van der Waals surface area (Å²) in [5, 5.41) is 0. The zero-order valence-electron chi connectivity index (χ0n) is 10.4. The van der Waals surface area contributed by atoms with Crippen LogP contribution >= 0.6 is 15.9 Å². The molecular formula is C13H11BrN2O3. The Hall–Kier alpha value is -1.95. The molecule has 6 heteroatoms. The number of hydrogen-bond donors (Lipinski definition) is 0. The van der Waals surface area contributed by atoms with E-state index in [1.54, 1.807) is 19.2 Å². The molecule has 0 saturated carbocycles. The quantitative estimate of drug-likeness (QED) is 0.809. The molecule has 1 aromatic carbocycles. The van der Waals surface area contributed by atoms with Gasteiger partial charge >= 0.3 is 0 Å². The van der Waals surface area contributed by atoms with Crippen LogP contribution in [0.3, 0.4) is 0 Å². The molecular weight excluding hydrogens is 312 g/mol. The molecule has 2 aromatic rings. The summed E-state index contributed by atoms with van der Waals surface area (Å²) in [6.07, 6.45) is 4.30. The van der Waals surface area contributed by atoms with E-state index in [9.17, 15) is 4.79 Å². The first-order valence-electron chi connectivity index (χ1n) is 5.39. The van der Waals surface area contributed by atoms with Crippen LogP contribution in [0.4, 0.5) is 0 Å². The Balaban J connectivity index is 2.51. The smallest absolute Gasteiger partial charge is 0.199 e. The summed E-state index contributed by atoms with van der Waals surface area (Å²) in [6.45, 7) is 0. The predicted molar refractivity (Wildman–Crippen MR) is 72.7 cm³/mol. The molecule has 0 aliphatic carbocycles. The van der Waals surface area contributed by atoms with Gasteiger partial charge in [-0.25, -0.2) is 9.97 Å². The van der Waals surface area contributed by atoms with E-state index in [0.29, 0.717) is 27.1 Å². The molecule has 0 atom stereocenters. The van der Waals surface area contributed by atoms with Crippen LogP contribution in [0.5, 0.6) is 11.5 Å². The van der Waals surface area contributed by atoms with Crippen LogP contribution in [-0.4, -0.2) is 30.0 Å². The Labute approximate surface area is 118 Å². The molecule has 0 fully saturated rings. The van der Waals surface area contributed by atoms with E-state index in [-0.39, 0.29) is 5.78 Å². The van der Waals surface area contributed by atoms with Gasteiger partial charge < -0.3 is 9.47 Å². The van der Waals surface area contributed by atoms with Crippen LogP contribution in [0.2, 0.25) is 0 Å². The summed E-state index contributed by atoms with van der Waals surface area (Å²) in [6, 6.07) is 3.35. The van der Waals surface area contributed by atoms with Crippen molar-refractivity contribution < 1.29 is 14.3 Å². The molecule has 0 spiro atoms. The fourth-order valence-electron chi connectivity index (χ4n) is 1.65. The Kier molecular flexibility index (Phi) is 4.11. The lowest BCUT2D eigenvalue weighted by Crippen LogP contribution is -2.06. The molecule has 2 rings (SSSR count). The van der Waals surface area contributed by atoms with Crippen molar-refractivity contribution in [3.63, 3.8) is 0 Å². The highest BCUT2D eigenvalue weighted by molar-refractivity contribution is 9.10. The molecule has 1 heterocycles. The normalized spacial score (nSPS) is 10.1. The van der Waals surface area contributed by atoms with E-state index in [4.69, 9.17) is 9.47 Å². The number of ether oxygens (including phenoxy) is 2. The molecule has 98 valence electrons. The van der Waals surface area contributed by atoms with Gasteiger partial charge in [-0.1, -0.05) is 0 Å². The van der Waals surface area contributed by atoms with Gasteiger partial charge in [0, 0.05) is 12.4 Å². The van der Waals surface area contributed by atoms with Crippen LogP contribution in [0.15, 0.2) is 35.3 Å². The SMILES string of the molecule is COc1ccc(C(=O)c2cncnc2)c(OC)c1Br. The summed E-state index contributed by atoms with van der Waals surface area (Å²) in [5.74, 6) is 0.812. The van der Waals surface area contributed by atoms with Crippen molar-refractivity contribution in [2.24, 2.45) is 0 Å². The van der Waals surface area contributed by atoms with Crippen LogP contribution in [0.25, 0.3) is 0 Å². The van der Waals surface area contributed by atoms with Gasteiger partial charge in [0.25, 0.3) is 0 Å². The minimum atomic E-state index is -0.208. The second-order valence-corrected chi connectivity index (χ2v) is 4.41. The minimum Gasteiger partial charge on any atom is -0.495 e. The van der Waals surface area contributed by atoms with Gasteiger partial charge in [0.05, 0.1) is 25.3 Å². The van der Waals surface area contributed by atoms with Gasteiger partial charge in [0.1, 0.15) is 22.3 Å². The highest BCUT2D eigenvalue weighted by Crippen LogP contribution is 2.37. The molecule has 0 radical (unpaired) electrons. The highest BCUT2D eigenvalue weighted by atomic mass is 79.9. The maximum Gasteiger partial charge on any atom is 0.199 e. The number of aromatic nitrogens is 2. The lowest BCUT2D eigenvalue weighted by Gasteiger charge is -2.12. The van der Waals surface area contributed by atoms with E-state index >= 15 is 0 Å². The predicted octanol–water partition coefficient (Wildman–Crippen LogP) is 2.49. The first-order chi connectivity index (χ1) is 9.19. The first kappa shape index (κ1) is 13.5. The van der Waals surface area contributed by atoms with Crippen molar-refractivity contribution in [3.8, 4) is 11.5 Å². The first-order valence-corrected chi connectivity index (χ1v) is 6.18. The lowest BCUT2D eigenvalue weighted by molar-refractivity contribution is 0.103. The lowest BCUT2D eigenvalue weighted by atomic mass is 10.0. The number of benzene rings is 1. The summed E-state index contributed by atoms with van der Waals surface area (Å²) in [7, 11) is 3.05. The van der Waals surface area contributed by atoms with Crippen molar-refractivity contribution in [1.29, 1.82) is 0 Å². The zero-order valence-corrected chi connectivity index (χ0v) is 12.0. The van der Waals surface area contributed by atoms with Crippen molar-refractivity contribution in [3.05, 3.63) is 46.5 Å². The van der Waals surface area contributed by atoms with E-state index in [1.165, 1.54) is 25.8 Å². The van der Waals surface area contributed by atoms with Gasteiger partial charge in [0.2, 0.25) is 0 Å². The number of carbonyl (C=O) groups excluding carboxylic acids is 1. The molecule has 5 nitrogen and oxygen atoms in total. The Morgan fingerprint density at radius 2 is 1.84 bits per heavy atom. The Morgan fingerprint density at radius 3 is 2.42 bits per heavy atom. The summed E-state index contributed by atoms with van der Waals surface area (Å²) >= 11 is 3.36. The fourth-order valence-corrected chi connectivity index (χ4v) is 2.32. The van der Waals surface area contributed by atoms with Gasteiger partial charge in [-0.15, -0.1) is 0 Å². The maximum absolute atomic E-state index is 12.4. The van der Waals surface area contributed by atoms with E-state index in [1.807, 2.05) is 0 Å². The molecule has 0 aliphatic rings. The average molecular weight is 323 g/mol. The number of carbonyl (C=O) groups is 1. The third-order valence-electron chi connectivity index (χ3n) is 2.55. The fraction of sp³-hybridized carbons (Fsp3) is 0.154. The molecule has 0 bridgehead atoms. The molecule has 0 amide bonds.